The molecule has 128 valence electrons. The third-order valence-corrected chi connectivity index (χ3v) is 5.46. The van der Waals surface area contributed by atoms with Crippen LogP contribution in [0, 0.1) is 0 Å². The summed E-state index contributed by atoms with van der Waals surface area (Å²) in [5.41, 5.74) is 1.42. The molecule has 0 fully saturated rings. The van der Waals surface area contributed by atoms with Crippen LogP contribution < -0.4 is 10.6 Å². The third-order valence-electron chi connectivity index (χ3n) is 4.16. The van der Waals surface area contributed by atoms with Gasteiger partial charge in [-0.1, -0.05) is 30.0 Å². The number of carbonyl (C=O) groups is 1. The molecule has 0 aliphatic carbocycles. The lowest BCUT2D eigenvalue weighted by Crippen LogP contribution is -2.32. The van der Waals surface area contributed by atoms with Crippen LogP contribution in [-0.2, 0) is 15.7 Å². The smallest absolute Gasteiger partial charge is 0.335 e. The van der Waals surface area contributed by atoms with Gasteiger partial charge in [-0.25, -0.2) is 0 Å². The summed E-state index contributed by atoms with van der Waals surface area (Å²) in [6, 6.07) is 12.1. The lowest BCUT2D eigenvalue weighted by molar-refractivity contribution is -0.137. The summed E-state index contributed by atoms with van der Waals surface area (Å²) in [7, 11) is 0. The monoisotopic (exact) mass is 363 g/mol. The van der Waals surface area contributed by atoms with E-state index < -0.39 is 16.5 Å². The molecule has 2 heterocycles. The van der Waals surface area contributed by atoms with E-state index in [-0.39, 0.29) is 12.5 Å². The Morgan fingerprint density at radius 1 is 1.12 bits per heavy atom. The van der Waals surface area contributed by atoms with Crippen LogP contribution in [0.1, 0.15) is 11.1 Å². The number of fused-ring (bicyclic) bond motifs is 2. The van der Waals surface area contributed by atoms with Gasteiger partial charge < -0.3 is 10.6 Å². The average molecular weight is 363 g/mol. The molecule has 2 aliphatic rings. The molecular formula is C17H12F3N3OS. The summed E-state index contributed by atoms with van der Waals surface area (Å²) in [6.45, 7) is 0.281. The van der Waals surface area contributed by atoms with Gasteiger partial charge in [-0.2, -0.15) is 13.2 Å². The number of halogens is 3. The number of alkyl halides is 3. The zero-order valence-electron chi connectivity index (χ0n) is 12.7. The standard InChI is InChI=1S/C17H12F3N3OS/c18-17(19,20)10-5-7-11(8-6-10)22-15-21-9-16(25-15)12-3-1-2-4-13(12)23-14(16)24/h1-8H,9H2,(H,21,22)(H,23,24). The van der Waals surface area contributed by atoms with E-state index in [9.17, 15) is 18.0 Å². The quantitative estimate of drug-likeness (QED) is 0.803. The largest absolute Gasteiger partial charge is 0.416 e. The fraction of sp³-hybridized carbons (Fsp3) is 0.176. The lowest BCUT2D eigenvalue weighted by atomic mass is 10.00. The molecule has 0 aromatic heterocycles. The molecule has 4 rings (SSSR count). The van der Waals surface area contributed by atoms with Crippen molar-refractivity contribution in [3.05, 3.63) is 59.7 Å². The number of thioether (sulfide) groups is 1. The summed E-state index contributed by atoms with van der Waals surface area (Å²) >= 11 is 1.28. The number of nitrogens with zero attached hydrogens (tertiary/aromatic N) is 1. The highest BCUT2D eigenvalue weighted by Crippen LogP contribution is 2.49. The average Bonchev–Trinajstić information content (AvgIpc) is 3.11. The van der Waals surface area contributed by atoms with Crippen molar-refractivity contribution >= 4 is 34.2 Å². The van der Waals surface area contributed by atoms with Crippen molar-refractivity contribution in [1.29, 1.82) is 0 Å². The van der Waals surface area contributed by atoms with Gasteiger partial charge in [0.15, 0.2) is 5.17 Å². The second-order valence-corrected chi connectivity index (χ2v) is 7.04. The molecule has 2 aromatic carbocycles. The van der Waals surface area contributed by atoms with Crippen molar-refractivity contribution in [3.8, 4) is 0 Å². The highest BCUT2D eigenvalue weighted by molar-refractivity contribution is 8.15. The number of hydrogen-bond acceptors (Lipinski definition) is 4. The first-order valence-electron chi connectivity index (χ1n) is 7.47. The maximum absolute atomic E-state index is 12.6. The number of carbonyl (C=O) groups excluding carboxylic acids is 1. The number of benzene rings is 2. The van der Waals surface area contributed by atoms with Gasteiger partial charge in [-0.3, -0.25) is 9.79 Å². The molecular weight excluding hydrogens is 351 g/mol. The second-order valence-electron chi connectivity index (χ2n) is 5.75. The van der Waals surface area contributed by atoms with Gasteiger partial charge in [0.05, 0.1) is 12.1 Å². The van der Waals surface area contributed by atoms with Crippen LogP contribution in [-0.4, -0.2) is 17.6 Å². The summed E-state index contributed by atoms with van der Waals surface area (Å²) in [5, 5.41) is 6.35. The molecule has 0 saturated heterocycles. The predicted molar refractivity (Wildman–Crippen MR) is 91.7 cm³/mol. The summed E-state index contributed by atoms with van der Waals surface area (Å²) in [4.78, 5) is 16.8. The highest BCUT2D eigenvalue weighted by atomic mass is 32.2. The Balaban J connectivity index is 1.53. The maximum atomic E-state index is 12.6. The second kappa shape index (κ2) is 5.52. The molecule has 1 unspecified atom stereocenters. The minimum Gasteiger partial charge on any atom is -0.335 e. The minimum absolute atomic E-state index is 0.133. The molecule has 2 aromatic rings. The van der Waals surface area contributed by atoms with Crippen LogP contribution in [0.5, 0.6) is 0 Å². The number of rotatable bonds is 1. The third kappa shape index (κ3) is 2.66. The Labute approximate surface area is 145 Å². The van der Waals surface area contributed by atoms with Crippen molar-refractivity contribution in [2.24, 2.45) is 4.99 Å². The fourth-order valence-electron chi connectivity index (χ4n) is 2.89. The summed E-state index contributed by atoms with van der Waals surface area (Å²) in [6.07, 6.45) is -4.37. The van der Waals surface area contributed by atoms with E-state index in [1.807, 2.05) is 24.3 Å². The Bertz CT molecular complexity index is 879. The van der Waals surface area contributed by atoms with Crippen LogP contribution >= 0.6 is 11.8 Å². The molecule has 0 saturated carbocycles. The van der Waals surface area contributed by atoms with Gasteiger partial charge in [-0.05, 0) is 30.3 Å². The van der Waals surface area contributed by atoms with Gasteiger partial charge in [-0.15, -0.1) is 0 Å². The van der Waals surface area contributed by atoms with Crippen molar-refractivity contribution in [2.45, 2.75) is 10.9 Å². The molecule has 25 heavy (non-hydrogen) atoms. The lowest BCUT2D eigenvalue weighted by Gasteiger charge is -2.19. The van der Waals surface area contributed by atoms with E-state index >= 15 is 0 Å². The number of para-hydroxylation sites is 1. The molecule has 4 nitrogen and oxygen atoms in total. The molecule has 1 amide bonds. The number of amides is 1. The number of aliphatic imine (C=N–C) groups is 1. The van der Waals surface area contributed by atoms with Crippen molar-refractivity contribution in [2.75, 3.05) is 17.2 Å². The van der Waals surface area contributed by atoms with Crippen LogP contribution in [0.15, 0.2) is 53.5 Å². The van der Waals surface area contributed by atoms with Crippen LogP contribution in [0.2, 0.25) is 0 Å². The maximum Gasteiger partial charge on any atom is 0.416 e. The van der Waals surface area contributed by atoms with Gasteiger partial charge >= 0.3 is 6.18 Å². The van der Waals surface area contributed by atoms with Crippen LogP contribution in [0.25, 0.3) is 0 Å². The number of anilines is 2. The zero-order chi connectivity index (χ0) is 17.7. The predicted octanol–water partition coefficient (Wildman–Crippen LogP) is 4.07. The molecule has 0 radical (unpaired) electrons. The molecule has 1 atom stereocenters. The number of nitrogens with one attached hydrogen (secondary N) is 2. The first-order chi connectivity index (χ1) is 11.9. The summed E-state index contributed by atoms with van der Waals surface area (Å²) < 4.78 is 37.0. The van der Waals surface area contributed by atoms with E-state index in [2.05, 4.69) is 15.6 Å². The van der Waals surface area contributed by atoms with Crippen LogP contribution in [0.3, 0.4) is 0 Å². The Kier molecular flexibility index (Phi) is 3.54. The molecule has 2 N–H and O–H groups in total. The van der Waals surface area contributed by atoms with E-state index in [0.29, 0.717) is 10.9 Å². The van der Waals surface area contributed by atoms with Crippen molar-refractivity contribution in [1.82, 2.24) is 0 Å². The fourth-order valence-corrected chi connectivity index (χ4v) is 4.08. The molecule has 0 bridgehead atoms. The van der Waals surface area contributed by atoms with Gasteiger partial charge in [0.2, 0.25) is 5.91 Å². The van der Waals surface area contributed by atoms with Crippen LogP contribution in [0.4, 0.5) is 24.5 Å². The Morgan fingerprint density at radius 3 is 2.56 bits per heavy atom. The minimum atomic E-state index is -4.37. The van der Waals surface area contributed by atoms with Crippen molar-refractivity contribution < 1.29 is 18.0 Å². The summed E-state index contributed by atoms with van der Waals surface area (Å²) in [5.74, 6) is -0.133. The number of amidine groups is 1. The van der Waals surface area contributed by atoms with Gasteiger partial charge in [0.25, 0.3) is 0 Å². The topological polar surface area (TPSA) is 53.5 Å². The highest BCUT2D eigenvalue weighted by Gasteiger charge is 2.51. The number of hydrogen-bond donors (Lipinski definition) is 2. The van der Waals surface area contributed by atoms with E-state index in [1.165, 1.54) is 23.9 Å². The Morgan fingerprint density at radius 2 is 1.84 bits per heavy atom. The SMILES string of the molecule is O=C1Nc2ccccc2C12CN=C(Nc1ccc(C(F)(F)F)cc1)S2. The van der Waals surface area contributed by atoms with E-state index in [4.69, 9.17) is 0 Å². The Hall–Kier alpha value is -2.48. The first-order valence-corrected chi connectivity index (χ1v) is 8.29. The van der Waals surface area contributed by atoms with E-state index in [0.717, 1.165) is 23.4 Å². The van der Waals surface area contributed by atoms with E-state index in [1.54, 1.807) is 0 Å². The zero-order valence-corrected chi connectivity index (χ0v) is 13.5. The molecule has 8 heteroatoms. The molecule has 2 aliphatic heterocycles. The first kappa shape index (κ1) is 16.0. The van der Waals surface area contributed by atoms with Crippen molar-refractivity contribution in [3.63, 3.8) is 0 Å². The molecule has 1 spiro atoms. The van der Waals surface area contributed by atoms with Gasteiger partial charge in [0.1, 0.15) is 4.75 Å². The van der Waals surface area contributed by atoms with Gasteiger partial charge in [0, 0.05) is 16.9 Å². The normalized spacial score (nSPS) is 21.9.